The molecule has 188 valence electrons. The first kappa shape index (κ1) is 25.4. The fourth-order valence-corrected chi connectivity index (χ4v) is 4.45. The van der Waals surface area contributed by atoms with Gasteiger partial charge in [-0.1, -0.05) is 6.07 Å². The van der Waals surface area contributed by atoms with Gasteiger partial charge in [-0.15, -0.1) is 13.2 Å². The number of hydrogen-bond acceptors (Lipinski definition) is 6. The molecule has 1 N–H and O–H groups in total. The normalized spacial score (nSPS) is 16.9. The van der Waals surface area contributed by atoms with E-state index in [0.717, 1.165) is 12.1 Å². The number of carbonyl (C=O) groups excluding carboxylic acids is 2. The number of rotatable bonds is 5. The summed E-state index contributed by atoms with van der Waals surface area (Å²) in [6, 6.07) is 10.4. The number of benzene rings is 2. The Morgan fingerprint density at radius 1 is 1.17 bits per heavy atom. The first-order valence-corrected chi connectivity index (χ1v) is 11.2. The Labute approximate surface area is 210 Å². The molecule has 2 aromatic carbocycles. The molecule has 0 radical (unpaired) electrons. The van der Waals surface area contributed by atoms with Crippen LogP contribution >= 0.6 is 15.9 Å². The number of fused-ring (bicyclic) bond motifs is 1. The van der Waals surface area contributed by atoms with Gasteiger partial charge in [-0.25, -0.2) is 9.18 Å². The highest BCUT2D eigenvalue weighted by Gasteiger charge is 2.43. The van der Waals surface area contributed by atoms with E-state index in [1.54, 1.807) is 12.1 Å². The van der Waals surface area contributed by atoms with Crippen molar-refractivity contribution in [3.8, 4) is 11.5 Å². The van der Waals surface area contributed by atoms with E-state index in [9.17, 15) is 27.2 Å². The maximum atomic E-state index is 14.7. The lowest BCUT2D eigenvalue weighted by atomic mass is 9.81. The Morgan fingerprint density at radius 2 is 1.94 bits per heavy atom. The highest BCUT2D eigenvalue weighted by atomic mass is 79.9. The largest absolute Gasteiger partial charge is 0.573 e. The second-order valence-corrected chi connectivity index (χ2v) is 8.54. The minimum absolute atomic E-state index is 0.100. The quantitative estimate of drug-likeness (QED) is 0.339. The van der Waals surface area contributed by atoms with Gasteiger partial charge in [-0.3, -0.25) is 9.78 Å². The highest BCUT2D eigenvalue weighted by Crippen LogP contribution is 2.42. The number of aromatic nitrogens is 1. The number of halogens is 5. The Kier molecular flexibility index (Phi) is 6.90. The summed E-state index contributed by atoms with van der Waals surface area (Å²) in [6.45, 7) is 0.104. The number of alkyl halides is 3. The van der Waals surface area contributed by atoms with Crippen LogP contribution in [0.1, 0.15) is 38.4 Å². The summed E-state index contributed by atoms with van der Waals surface area (Å²) in [4.78, 5) is 29.6. The summed E-state index contributed by atoms with van der Waals surface area (Å²) in [6.07, 6.45) is -3.53. The highest BCUT2D eigenvalue weighted by molar-refractivity contribution is 9.10. The van der Waals surface area contributed by atoms with Gasteiger partial charge in [0.2, 0.25) is 0 Å². The van der Waals surface area contributed by atoms with Crippen LogP contribution in [0.5, 0.6) is 11.5 Å². The average Bonchev–Trinajstić information content (AvgIpc) is 2.84. The Bertz CT molecular complexity index is 1330. The van der Waals surface area contributed by atoms with Crippen LogP contribution < -0.4 is 14.8 Å². The molecule has 7 nitrogen and oxygen atoms in total. The molecule has 0 aliphatic carbocycles. The summed E-state index contributed by atoms with van der Waals surface area (Å²) in [5, 5.41) is 2.86. The summed E-state index contributed by atoms with van der Waals surface area (Å²) in [7, 11) is 1.22. The predicted molar refractivity (Wildman–Crippen MR) is 121 cm³/mol. The van der Waals surface area contributed by atoms with Gasteiger partial charge in [0.25, 0.3) is 5.91 Å². The van der Waals surface area contributed by atoms with Crippen LogP contribution in [0, 0.1) is 5.82 Å². The molecule has 1 aliphatic rings. The zero-order valence-electron chi connectivity index (χ0n) is 18.5. The number of amides is 1. The monoisotopic (exact) mass is 568 g/mol. The zero-order valence-corrected chi connectivity index (χ0v) is 20.1. The third-order valence-electron chi connectivity index (χ3n) is 5.52. The lowest BCUT2D eigenvalue weighted by Gasteiger charge is -2.39. The molecule has 4 rings (SSSR count). The van der Waals surface area contributed by atoms with Crippen LogP contribution in [-0.4, -0.2) is 36.9 Å². The van der Waals surface area contributed by atoms with Crippen molar-refractivity contribution in [2.45, 2.75) is 18.3 Å². The molecule has 2 heterocycles. The van der Waals surface area contributed by atoms with E-state index >= 15 is 0 Å². The molecule has 36 heavy (non-hydrogen) atoms. The number of ether oxygens (including phenoxy) is 3. The maximum absolute atomic E-state index is 14.7. The molecule has 1 amide bonds. The molecule has 0 bridgehead atoms. The Balaban J connectivity index is 1.78. The van der Waals surface area contributed by atoms with Crippen molar-refractivity contribution in [3.05, 3.63) is 87.4 Å². The fourth-order valence-electron chi connectivity index (χ4n) is 3.91. The van der Waals surface area contributed by atoms with Crippen LogP contribution in [0.3, 0.4) is 0 Å². The summed E-state index contributed by atoms with van der Waals surface area (Å²) in [5.74, 6) is -3.18. The van der Waals surface area contributed by atoms with Crippen LogP contribution in [0.2, 0.25) is 0 Å². The van der Waals surface area contributed by atoms with E-state index < -0.39 is 35.3 Å². The maximum Gasteiger partial charge on any atom is 0.573 e. The average molecular weight is 569 g/mol. The summed E-state index contributed by atoms with van der Waals surface area (Å²) in [5.41, 5.74) is -0.716. The van der Waals surface area contributed by atoms with Crippen molar-refractivity contribution in [2.75, 3.05) is 13.7 Å². The number of methoxy groups -OCH3 is 1. The molecule has 0 saturated carbocycles. The topological polar surface area (TPSA) is 86.8 Å². The standard InChI is InChI=1S/C24H17BrF4N2O5/c1-34-22(33)15-6-4-13(11-16(15)25)21(32)31-23(8-10-35-19-3-2-9-30-20(19)23)14-5-7-18(17(26)12-14)36-24(27,28)29/h2-7,9,11-12H,8,10H2,1H3,(H,31,32). The van der Waals surface area contributed by atoms with Crippen molar-refractivity contribution in [2.24, 2.45) is 0 Å². The minimum atomic E-state index is -5.08. The number of pyridine rings is 1. The van der Waals surface area contributed by atoms with Crippen molar-refractivity contribution < 1.29 is 41.4 Å². The minimum Gasteiger partial charge on any atom is -0.491 e. The van der Waals surface area contributed by atoms with Gasteiger partial charge in [0.05, 0.1) is 19.3 Å². The van der Waals surface area contributed by atoms with E-state index in [0.29, 0.717) is 10.2 Å². The zero-order chi connectivity index (χ0) is 26.1. The van der Waals surface area contributed by atoms with E-state index in [1.165, 1.54) is 37.6 Å². The molecular formula is C24H17BrF4N2O5. The van der Waals surface area contributed by atoms with Crippen LogP contribution in [0.25, 0.3) is 0 Å². The Hall–Kier alpha value is -3.67. The summed E-state index contributed by atoms with van der Waals surface area (Å²) >= 11 is 3.24. The van der Waals surface area contributed by atoms with Gasteiger partial charge in [-0.2, -0.15) is 0 Å². The molecule has 0 spiro atoms. The van der Waals surface area contributed by atoms with E-state index in [2.05, 4.69) is 31.0 Å². The molecule has 12 heteroatoms. The number of nitrogens with zero attached hydrogens (tertiary/aromatic N) is 1. The van der Waals surface area contributed by atoms with E-state index in [-0.39, 0.29) is 35.4 Å². The molecule has 3 aromatic rings. The third kappa shape index (κ3) is 4.99. The third-order valence-corrected chi connectivity index (χ3v) is 6.18. The first-order valence-electron chi connectivity index (χ1n) is 10.4. The lowest BCUT2D eigenvalue weighted by molar-refractivity contribution is -0.275. The number of hydrogen-bond donors (Lipinski definition) is 1. The predicted octanol–water partition coefficient (Wildman–Crippen LogP) is 5.12. The second kappa shape index (κ2) is 9.76. The van der Waals surface area contributed by atoms with Gasteiger partial charge < -0.3 is 19.5 Å². The smallest absolute Gasteiger partial charge is 0.491 e. The number of nitrogens with one attached hydrogen (secondary N) is 1. The van der Waals surface area contributed by atoms with Crippen LogP contribution in [-0.2, 0) is 10.3 Å². The molecule has 1 atom stereocenters. The van der Waals surface area contributed by atoms with E-state index in [1.807, 2.05) is 0 Å². The first-order chi connectivity index (χ1) is 17.0. The van der Waals surface area contributed by atoms with Gasteiger partial charge in [0.1, 0.15) is 17.0 Å². The fraction of sp³-hybridized carbons (Fsp3) is 0.208. The van der Waals surface area contributed by atoms with Gasteiger partial charge in [0, 0.05) is 22.7 Å². The van der Waals surface area contributed by atoms with E-state index in [4.69, 9.17) is 9.47 Å². The van der Waals surface area contributed by atoms with Gasteiger partial charge >= 0.3 is 12.3 Å². The second-order valence-electron chi connectivity index (χ2n) is 7.69. The molecular weight excluding hydrogens is 552 g/mol. The lowest BCUT2D eigenvalue weighted by Crippen LogP contribution is -2.50. The van der Waals surface area contributed by atoms with Crippen molar-refractivity contribution >= 4 is 27.8 Å². The van der Waals surface area contributed by atoms with Gasteiger partial charge in [-0.05, 0) is 64.0 Å². The Morgan fingerprint density at radius 3 is 2.61 bits per heavy atom. The molecule has 1 unspecified atom stereocenters. The van der Waals surface area contributed by atoms with Crippen molar-refractivity contribution in [1.82, 2.24) is 10.3 Å². The molecule has 1 aromatic heterocycles. The summed E-state index contributed by atoms with van der Waals surface area (Å²) < 4.78 is 67.0. The molecule has 0 fully saturated rings. The van der Waals surface area contributed by atoms with Crippen molar-refractivity contribution in [3.63, 3.8) is 0 Å². The van der Waals surface area contributed by atoms with Crippen LogP contribution in [0.4, 0.5) is 17.6 Å². The number of esters is 1. The molecule has 1 aliphatic heterocycles. The number of carbonyl (C=O) groups is 2. The van der Waals surface area contributed by atoms with Gasteiger partial charge in [0.15, 0.2) is 11.6 Å². The van der Waals surface area contributed by atoms with Crippen molar-refractivity contribution in [1.29, 1.82) is 0 Å². The molecule has 0 saturated heterocycles. The SMILES string of the molecule is COC(=O)c1ccc(C(=O)NC2(c3ccc(OC(F)(F)F)c(F)c3)CCOc3cccnc32)cc1Br. The van der Waals surface area contributed by atoms with Crippen LogP contribution in [0.15, 0.2) is 59.2 Å².